The van der Waals surface area contributed by atoms with Crippen molar-refractivity contribution in [2.75, 3.05) is 0 Å². The number of nitrogens with zero attached hydrogens (tertiary/aromatic N) is 1. The summed E-state index contributed by atoms with van der Waals surface area (Å²) in [7, 11) is 0. The van der Waals surface area contributed by atoms with Gasteiger partial charge in [-0.3, -0.25) is 0 Å². The van der Waals surface area contributed by atoms with Crippen LogP contribution in [0, 0.1) is 3.57 Å². The van der Waals surface area contributed by atoms with Gasteiger partial charge >= 0.3 is 6.36 Å². The SMILES string of the molecule is OCc1c(CCl)cnc(OC(F)(F)F)c1I. The largest absolute Gasteiger partial charge is 0.574 e. The van der Waals surface area contributed by atoms with Crippen LogP contribution >= 0.6 is 34.2 Å². The van der Waals surface area contributed by atoms with Crippen molar-refractivity contribution in [2.24, 2.45) is 0 Å². The highest BCUT2D eigenvalue weighted by Gasteiger charge is 2.33. The van der Waals surface area contributed by atoms with Gasteiger partial charge in [0.15, 0.2) is 0 Å². The highest BCUT2D eigenvalue weighted by molar-refractivity contribution is 14.1. The lowest BCUT2D eigenvalue weighted by molar-refractivity contribution is -0.276. The third kappa shape index (κ3) is 3.36. The average molecular weight is 367 g/mol. The fourth-order valence-corrected chi connectivity index (χ4v) is 2.00. The lowest BCUT2D eigenvalue weighted by atomic mass is 10.2. The Bertz CT molecular complexity index is 386. The maximum absolute atomic E-state index is 12.0. The third-order valence-corrected chi connectivity index (χ3v) is 3.09. The van der Waals surface area contributed by atoms with E-state index in [4.69, 9.17) is 16.7 Å². The molecule has 0 spiro atoms. The molecule has 90 valence electrons. The van der Waals surface area contributed by atoms with Gasteiger partial charge in [-0.25, -0.2) is 4.98 Å². The average Bonchev–Trinajstić information content (AvgIpc) is 2.19. The van der Waals surface area contributed by atoms with E-state index >= 15 is 0 Å². The molecule has 1 N–H and O–H groups in total. The van der Waals surface area contributed by atoms with Gasteiger partial charge in [-0.05, 0) is 28.2 Å². The van der Waals surface area contributed by atoms with E-state index in [9.17, 15) is 13.2 Å². The van der Waals surface area contributed by atoms with Crippen LogP contribution in [-0.4, -0.2) is 16.5 Å². The first-order chi connectivity index (χ1) is 7.39. The lowest BCUT2D eigenvalue weighted by Crippen LogP contribution is -2.19. The molecule has 0 radical (unpaired) electrons. The Balaban J connectivity index is 3.14. The molecular formula is C8H6ClF3INO2. The molecule has 16 heavy (non-hydrogen) atoms. The Kier molecular flexibility index (Phi) is 4.62. The summed E-state index contributed by atoms with van der Waals surface area (Å²) in [4.78, 5) is 3.50. The van der Waals surface area contributed by atoms with Crippen molar-refractivity contribution in [1.29, 1.82) is 0 Å². The van der Waals surface area contributed by atoms with Gasteiger partial charge in [0, 0.05) is 17.6 Å². The highest BCUT2D eigenvalue weighted by Crippen LogP contribution is 2.30. The molecule has 0 aliphatic rings. The molecule has 0 amide bonds. The van der Waals surface area contributed by atoms with Gasteiger partial charge in [-0.2, -0.15) is 0 Å². The minimum atomic E-state index is -4.80. The van der Waals surface area contributed by atoms with Crippen molar-refractivity contribution in [2.45, 2.75) is 18.8 Å². The molecule has 1 aromatic heterocycles. The Morgan fingerprint density at radius 3 is 2.56 bits per heavy atom. The lowest BCUT2D eigenvalue weighted by Gasteiger charge is -2.13. The van der Waals surface area contributed by atoms with E-state index in [-0.39, 0.29) is 9.45 Å². The summed E-state index contributed by atoms with van der Waals surface area (Å²) < 4.78 is 39.8. The zero-order chi connectivity index (χ0) is 12.3. The Hall–Kier alpha value is -0.280. The molecule has 0 unspecified atom stereocenters. The summed E-state index contributed by atoms with van der Waals surface area (Å²) in [6.45, 7) is -0.420. The molecule has 0 aliphatic heterocycles. The van der Waals surface area contributed by atoms with Gasteiger partial charge in [-0.1, -0.05) is 0 Å². The summed E-state index contributed by atoms with van der Waals surface area (Å²) in [5, 5.41) is 9.03. The van der Waals surface area contributed by atoms with Crippen LogP contribution in [0.15, 0.2) is 6.20 Å². The Labute approximate surface area is 108 Å². The van der Waals surface area contributed by atoms with Crippen LogP contribution < -0.4 is 4.74 Å². The minimum Gasteiger partial charge on any atom is -0.392 e. The number of pyridine rings is 1. The number of rotatable bonds is 3. The zero-order valence-electron chi connectivity index (χ0n) is 7.68. The topological polar surface area (TPSA) is 42.4 Å². The summed E-state index contributed by atoms with van der Waals surface area (Å²) in [6, 6.07) is 0. The van der Waals surface area contributed by atoms with Crippen LogP contribution in [0.25, 0.3) is 0 Å². The number of ether oxygens (including phenoxy) is 1. The number of aromatic nitrogens is 1. The van der Waals surface area contributed by atoms with Crippen molar-refractivity contribution in [3.63, 3.8) is 0 Å². The van der Waals surface area contributed by atoms with E-state index in [1.807, 2.05) is 0 Å². The first kappa shape index (κ1) is 13.8. The molecule has 0 bridgehead atoms. The van der Waals surface area contributed by atoms with Gasteiger partial charge in [0.25, 0.3) is 0 Å². The van der Waals surface area contributed by atoms with Crippen molar-refractivity contribution in [3.8, 4) is 5.88 Å². The molecule has 0 saturated heterocycles. The fourth-order valence-electron chi connectivity index (χ4n) is 1.01. The van der Waals surface area contributed by atoms with Crippen molar-refractivity contribution >= 4 is 34.2 Å². The molecule has 0 fully saturated rings. The van der Waals surface area contributed by atoms with Gasteiger partial charge in [0.05, 0.1) is 10.2 Å². The van der Waals surface area contributed by atoms with Crippen LogP contribution in [0.3, 0.4) is 0 Å². The minimum absolute atomic E-state index is 0.0607. The predicted molar refractivity (Wildman–Crippen MR) is 59.1 cm³/mol. The number of aliphatic hydroxyl groups excluding tert-OH is 1. The van der Waals surface area contributed by atoms with Gasteiger partial charge in [0.2, 0.25) is 5.88 Å². The summed E-state index contributed by atoms with van der Waals surface area (Å²) in [5.74, 6) is -0.517. The Morgan fingerprint density at radius 2 is 2.12 bits per heavy atom. The summed E-state index contributed by atoms with van der Waals surface area (Å²) in [5.41, 5.74) is 0.771. The quantitative estimate of drug-likeness (QED) is 0.660. The van der Waals surface area contributed by atoms with Crippen molar-refractivity contribution < 1.29 is 23.0 Å². The second kappa shape index (κ2) is 5.37. The molecule has 8 heteroatoms. The maximum atomic E-state index is 12.0. The van der Waals surface area contributed by atoms with Gasteiger partial charge < -0.3 is 9.84 Å². The third-order valence-electron chi connectivity index (χ3n) is 1.69. The molecule has 1 aromatic rings. The summed E-state index contributed by atoms with van der Waals surface area (Å²) in [6.07, 6.45) is -3.65. The molecule has 0 saturated carbocycles. The van der Waals surface area contributed by atoms with Crippen molar-refractivity contribution in [1.82, 2.24) is 4.98 Å². The normalized spacial score (nSPS) is 11.6. The predicted octanol–water partition coefficient (Wildman–Crippen LogP) is 2.82. The number of hydrogen-bond donors (Lipinski definition) is 1. The maximum Gasteiger partial charge on any atom is 0.574 e. The molecular weight excluding hydrogens is 361 g/mol. The van der Waals surface area contributed by atoms with E-state index in [0.29, 0.717) is 11.1 Å². The second-order valence-corrected chi connectivity index (χ2v) is 4.07. The molecule has 0 aromatic carbocycles. The first-order valence-electron chi connectivity index (χ1n) is 3.98. The van der Waals surface area contributed by atoms with E-state index < -0.39 is 18.8 Å². The molecule has 0 aliphatic carbocycles. The second-order valence-electron chi connectivity index (χ2n) is 2.72. The van der Waals surface area contributed by atoms with Crippen LogP contribution in [-0.2, 0) is 12.5 Å². The molecule has 3 nitrogen and oxygen atoms in total. The smallest absolute Gasteiger partial charge is 0.392 e. The number of alkyl halides is 4. The van der Waals surface area contributed by atoms with Gasteiger partial charge in [-0.15, -0.1) is 24.8 Å². The van der Waals surface area contributed by atoms with E-state index in [0.717, 1.165) is 6.20 Å². The monoisotopic (exact) mass is 367 g/mol. The van der Waals surface area contributed by atoms with E-state index in [1.165, 1.54) is 0 Å². The van der Waals surface area contributed by atoms with Gasteiger partial charge in [0.1, 0.15) is 0 Å². The zero-order valence-corrected chi connectivity index (χ0v) is 10.6. The van der Waals surface area contributed by atoms with Crippen LogP contribution in [0.2, 0.25) is 0 Å². The van der Waals surface area contributed by atoms with E-state index in [1.54, 1.807) is 22.6 Å². The first-order valence-corrected chi connectivity index (χ1v) is 5.59. The van der Waals surface area contributed by atoms with Crippen LogP contribution in [0.1, 0.15) is 11.1 Å². The standard InChI is InChI=1S/C8H6ClF3INO2/c9-1-4-2-14-7(16-8(10,11)12)6(13)5(4)3-15/h2,15H,1,3H2. The molecule has 1 rings (SSSR count). The number of hydrogen-bond acceptors (Lipinski definition) is 3. The number of aliphatic hydroxyl groups is 1. The Morgan fingerprint density at radius 1 is 1.50 bits per heavy atom. The highest BCUT2D eigenvalue weighted by atomic mass is 127. The summed E-state index contributed by atoms with van der Waals surface area (Å²) >= 11 is 7.17. The van der Waals surface area contributed by atoms with Crippen molar-refractivity contribution in [3.05, 3.63) is 20.9 Å². The number of halogens is 5. The van der Waals surface area contributed by atoms with Crippen LogP contribution in [0.5, 0.6) is 5.88 Å². The molecule has 1 heterocycles. The van der Waals surface area contributed by atoms with E-state index in [2.05, 4.69) is 9.72 Å². The molecule has 0 atom stereocenters. The fraction of sp³-hybridized carbons (Fsp3) is 0.375. The van der Waals surface area contributed by atoms with Crippen LogP contribution in [0.4, 0.5) is 13.2 Å².